The molecule has 1 atom stereocenters. The third kappa shape index (κ3) is 6.74. The number of ketones is 1. The van der Waals surface area contributed by atoms with Crippen LogP contribution >= 0.6 is 0 Å². The van der Waals surface area contributed by atoms with Crippen LogP contribution < -0.4 is 15.4 Å². The van der Waals surface area contributed by atoms with Gasteiger partial charge in [-0.2, -0.15) is 0 Å². The molecule has 0 spiro atoms. The Bertz CT molecular complexity index is 1280. The predicted octanol–water partition coefficient (Wildman–Crippen LogP) is 5.26. The maximum atomic E-state index is 13.3. The van der Waals surface area contributed by atoms with Gasteiger partial charge >= 0.3 is 12.0 Å². The van der Waals surface area contributed by atoms with E-state index in [1.54, 1.807) is 18.2 Å². The molecule has 2 amide bonds. The molecular weight excluding hydrogens is 470 g/mol. The normalized spacial score (nSPS) is 14.1. The van der Waals surface area contributed by atoms with Gasteiger partial charge in [0.05, 0.1) is 5.56 Å². The molecule has 37 heavy (non-hydrogen) atoms. The number of urea groups is 1. The van der Waals surface area contributed by atoms with Gasteiger partial charge in [0.15, 0.2) is 5.78 Å². The van der Waals surface area contributed by atoms with Crippen molar-refractivity contribution in [2.45, 2.75) is 39.3 Å². The first-order valence-corrected chi connectivity index (χ1v) is 12.3. The van der Waals surface area contributed by atoms with Crippen LogP contribution in [0.5, 0.6) is 5.75 Å². The Morgan fingerprint density at radius 3 is 2.16 bits per heavy atom. The number of hydrogen-bond acceptors (Lipinski definition) is 5. The topological polar surface area (TPSA) is 108 Å². The molecule has 0 aliphatic carbocycles. The summed E-state index contributed by atoms with van der Waals surface area (Å²) in [5.41, 5.74) is 4.19. The number of para-hydroxylation sites is 1. The average molecular weight is 502 g/mol. The molecule has 192 valence electrons. The number of nitrogens with zero attached hydrogens (tertiary/aromatic N) is 1. The minimum atomic E-state index is -1.01. The van der Waals surface area contributed by atoms with Gasteiger partial charge in [-0.15, -0.1) is 0 Å². The van der Waals surface area contributed by atoms with Crippen LogP contribution in [0, 0.1) is 13.8 Å². The van der Waals surface area contributed by atoms with Crippen molar-refractivity contribution in [2.24, 2.45) is 0 Å². The molecule has 4 rings (SSSR count). The molecule has 3 aromatic carbocycles. The van der Waals surface area contributed by atoms with E-state index >= 15 is 0 Å². The largest absolute Gasteiger partial charge is 0.478 e. The summed E-state index contributed by atoms with van der Waals surface area (Å²) in [6.07, 6.45) is 1.41. The van der Waals surface area contributed by atoms with Crippen LogP contribution in [-0.2, 0) is 11.2 Å². The second-order valence-corrected chi connectivity index (χ2v) is 9.23. The van der Waals surface area contributed by atoms with Crippen LogP contribution in [0.2, 0.25) is 0 Å². The Morgan fingerprint density at radius 2 is 1.54 bits per heavy atom. The molecule has 3 N–H and O–H groups in total. The Labute approximate surface area is 216 Å². The van der Waals surface area contributed by atoms with Gasteiger partial charge in [-0.3, -0.25) is 9.69 Å². The van der Waals surface area contributed by atoms with Gasteiger partial charge in [-0.25, -0.2) is 9.59 Å². The quantitative estimate of drug-likeness (QED) is 0.369. The van der Waals surface area contributed by atoms with E-state index in [4.69, 9.17) is 9.84 Å². The third-order valence-electron chi connectivity index (χ3n) is 6.41. The Kier molecular flexibility index (Phi) is 8.20. The van der Waals surface area contributed by atoms with Crippen molar-refractivity contribution < 1.29 is 24.2 Å². The zero-order valence-electron chi connectivity index (χ0n) is 21.0. The molecule has 8 heteroatoms. The lowest BCUT2D eigenvalue weighted by Crippen LogP contribution is -2.44. The number of aryl methyl sites for hydroxylation is 2. The molecule has 3 aromatic rings. The predicted molar refractivity (Wildman–Crippen MR) is 142 cm³/mol. The van der Waals surface area contributed by atoms with E-state index in [1.165, 1.54) is 12.1 Å². The fourth-order valence-electron chi connectivity index (χ4n) is 4.38. The maximum absolute atomic E-state index is 13.3. The molecule has 1 heterocycles. The number of likely N-dealkylation sites (tertiary alicyclic amines) is 1. The highest BCUT2D eigenvalue weighted by molar-refractivity contribution is 6.00. The average Bonchev–Trinajstić information content (AvgIpc) is 3.40. The Hall–Kier alpha value is -4.17. The number of hydrogen-bond donors (Lipinski definition) is 3. The van der Waals surface area contributed by atoms with E-state index in [2.05, 4.69) is 10.6 Å². The van der Waals surface area contributed by atoms with E-state index in [9.17, 15) is 14.4 Å². The van der Waals surface area contributed by atoms with Gasteiger partial charge in [0.2, 0.25) is 6.23 Å². The van der Waals surface area contributed by atoms with E-state index in [0.717, 1.165) is 48.3 Å². The summed E-state index contributed by atoms with van der Waals surface area (Å²) >= 11 is 0. The number of carboxylic acid groups (broad SMARTS) is 1. The number of anilines is 2. The van der Waals surface area contributed by atoms with Crippen molar-refractivity contribution in [3.05, 3.63) is 89.0 Å². The first-order chi connectivity index (χ1) is 17.8. The molecule has 0 radical (unpaired) electrons. The highest BCUT2D eigenvalue weighted by Gasteiger charge is 2.30. The molecule has 1 fully saturated rings. The monoisotopic (exact) mass is 501 g/mol. The van der Waals surface area contributed by atoms with Crippen molar-refractivity contribution in [2.75, 3.05) is 23.7 Å². The number of benzene rings is 3. The summed E-state index contributed by atoms with van der Waals surface area (Å²) in [5.74, 6) is -0.646. The summed E-state index contributed by atoms with van der Waals surface area (Å²) in [5, 5.41) is 14.8. The Balaban J connectivity index is 1.42. The molecule has 8 nitrogen and oxygen atoms in total. The molecule has 1 saturated heterocycles. The molecular formula is C29H31N3O5. The van der Waals surface area contributed by atoms with Crippen LogP contribution in [0.1, 0.15) is 39.9 Å². The van der Waals surface area contributed by atoms with Crippen LogP contribution in [0.25, 0.3) is 0 Å². The second kappa shape index (κ2) is 11.7. The molecule has 1 aliphatic heterocycles. The number of carboxylic acids is 1. The van der Waals surface area contributed by atoms with Crippen LogP contribution in [-0.4, -0.2) is 47.1 Å². The number of ether oxygens (including phenoxy) is 1. The highest BCUT2D eigenvalue weighted by atomic mass is 16.5. The third-order valence-corrected chi connectivity index (χ3v) is 6.41. The molecule has 1 aliphatic rings. The van der Waals surface area contributed by atoms with Gasteiger partial charge in [0.25, 0.3) is 0 Å². The Morgan fingerprint density at radius 1 is 0.892 bits per heavy atom. The lowest BCUT2D eigenvalue weighted by atomic mass is 10.0. The summed E-state index contributed by atoms with van der Waals surface area (Å²) in [4.78, 5) is 39.0. The minimum Gasteiger partial charge on any atom is -0.478 e. The fourth-order valence-corrected chi connectivity index (χ4v) is 4.38. The number of amides is 2. The van der Waals surface area contributed by atoms with E-state index < -0.39 is 12.2 Å². The number of aromatic carboxylic acids is 1. The standard InChI is InChI=1S/C29H31N3O5/c1-19-7-3-4-8-24(19)30-29(36)31-25-14-9-21(17-20(25)2)18-26(33)27(32-15-5-6-16-32)37-23-12-10-22(11-13-23)28(34)35/h3-4,7-14,17,27H,5-6,15-16,18H2,1-2H3,(H,34,35)(H2,30,31,36). The SMILES string of the molecule is Cc1ccccc1NC(=O)Nc1ccc(CC(=O)C(Oc2ccc(C(=O)O)cc2)N2CCCC2)cc1C. The maximum Gasteiger partial charge on any atom is 0.335 e. The lowest BCUT2D eigenvalue weighted by Gasteiger charge is -2.27. The number of carbonyl (C=O) groups is 3. The van der Waals surface area contributed by atoms with Crippen LogP contribution in [0.15, 0.2) is 66.7 Å². The molecule has 0 aromatic heterocycles. The summed E-state index contributed by atoms with van der Waals surface area (Å²) in [7, 11) is 0. The van der Waals surface area contributed by atoms with Gasteiger partial charge < -0.3 is 20.5 Å². The summed E-state index contributed by atoms with van der Waals surface area (Å²) < 4.78 is 6.06. The van der Waals surface area contributed by atoms with Crippen LogP contribution in [0.4, 0.5) is 16.2 Å². The van der Waals surface area contributed by atoms with Crippen molar-refractivity contribution in [1.82, 2.24) is 4.90 Å². The first-order valence-electron chi connectivity index (χ1n) is 12.3. The fraction of sp³-hybridized carbons (Fsp3) is 0.276. The number of carbonyl (C=O) groups excluding carboxylic acids is 2. The summed E-state index contributed by atoms with van der Waals surface area (Å²) in [6.45, 7) is 5.34. The van der Waals surface area contributed by atoms with Crippen molar-refractivity contribution >= 4 is 29.2 Å². The van der Waals surface area contributed by atoms with E-state index in [-0.39, 0.29) is 23.8 Å². The molecule has 1 unspecified atom stereocenters. The number of nitrogens with one attached hydrogen (secondary N) is 2. The first kappa shape index (κ1) is 25.9. The van der Waals surface area contributed by atoms with Gasteiger partial charge in [-0.1, -0.05) is 30.3 Å². The minimum absolute atomic E-state index is 0.0818. The van der Waals surface area contributed by atoms with Crippen LogP contribution in [0.3, 0.4) is 0 Å². The second-order valence-electron chi connectivity index (χ2n) is 9.23. The summed E-state index contributed by atoms with van der Waals surface area (Å²) in [6, 6.07) is 18.8. The van der Waals surface area contributed by atoms with Gasteiger partial charge in [0, 0.05) is 30.9 Å². The van der Waals surface area contributed by atoms with Crippen molar-refractivity contribution in [1.29, 1.82) is 0 Å². The zero-order valence-corrected chi connectivity index (χ0v) is 21.0. The van der Waals surface area contributed by atoms with E-state index in [1.807, 2.05) is 55.1 Å². The zero-order chi connectivity index (χ0) is 26.4. The van der Waals surface area contributed by atoms with E-state index in [0.29, 0.717) is 11.4 Å². The number of Topliss-reactive ketones (excluding diaryl/α,β-unsaturated/α-hetero) is 1. The van der Waals surface area contributed by atoms with Gasteiger partial charge in [-0.05, 0) is 79.8 Å². The highest BCUT2D eigenvalue weighted by Crippen LogP contribution is 2.22. The smallest absolute Gasteiger partial charge is 0.335 e. The van der Waals surface area contributed by atoms with Gasteiger partial charge in [0.1, 0.15) is 5.75 Å². The van der Waals surface area contributed by atoms with Crippen molar-refractivity contribution in [3.63, 3.8) is 0 Å². The number of rotatable bonds is 9. The molecule has 0 bridgehead atoms. The van der Waals surface area contributed by atoms with Crippen molar-refractivity contribution in [3.8, 4) is 5.75 Å². The molecule has 0 saturated carbocycles. The lowest BCUT2D eigenvalue weighted by molar-refractivity contribution is -0.132.